The standard InChI is InChI=1S/C14H14BrCl2NOS/c15-11-8-13(17)14(9-12(11)16)19-6-5-18-4-3-10-2-1-7-20-10/h1-2,7-9,18H,3-6H2. The van der Waals surface area contributed by atoms with E-state index in [2.05, 4.69) is 38.8 Å². The van der Waals surface area contributed by atoms with Crippen LogP contribution < -0.4 is 10.1 Å². The highest BCUT2D eigenvalue weighted by Gasteiger charge is 2.06. The average Bonchev–Trinajstić information content (AvgIpc) is 2.92. The number of halogens is 3. The van der Waals surface area contributed by atoms with Crippen molar-refractivity contribution >= 4 is 50.5 Å². The third-order valence-corrected chi connectivity index (χ3v) is 5.07. The van der Waals surface area contributed by atoms with Crippen molar-refractivity contribution in [1.82, 2.24) is 5.32 Å². The lowest BCUT2D eigenvalue weighted by Crippen LogP contribution is -2.23. The van der Waals surface area contributed by atoms with E-state index in [0.29, 0.717) is 22.4 Å². The van der Waals surface area contributed by atoms with Crippen LogP contribution in [0.1, 0.15) is 4.88 Å². The smallest absolute Gasteiger partial charge is 0.139 e. The molecule has 1 N–H and O–H groups in total. The van der Waals surface area contributed by atoms with Gasteiger partial charge in [-0.05, 0) is 39.9 Å². The van der Waals surface area contributed by atoms with E-state index in [0.717, 1.165) is 24.0 Å². The Balaban J connectivity index is 1.67. The fourth-order valence-corrected chi connectivity index (χ4v) is 3.20. The van der Waals surface area contributed by atoms with E-state index < -0.39 is 0 Å². The predicted molar refractivity (Wildman–Crippen MR) is 90.5 cm³/mol. The van der Waals surface area contributed by atoms with Crippen LogP contribution in [0, 0.1) is 0 Å². The van der Waals surface area contributed by atoms with E-state index in [4.69, 9.17) is 27.9 Å². The summed E-state index contributed by atoms with van der Waals surface area (Å²) < 4.78 is 6.38. The van der Waals surface area contributed by atoms with Crippen molar-refractivity contribution in [2.45, 2.75) is 6.42 Å². The van der Waals surface area contributed by atoms with Gasteiger partial charge in [-0.2, -0.15) is 0 Å². The summed E-state index contributed by atoms with van der Waals surface area (Å²) in [4.78, 5) is 1.39. The number of nitrogens with one attached hydrogen (secondary N) is 1. The first kappa shape index (κ1) is 16.1. The van der Waals surface area contributed by atoms with Gasteiger partial charge in [0.05, 0.1) is 10.0 Å². The molecule has 0 radical (unpaired) electrons. The molecule has 2 nitrogen and oxygen atoms in total. The number of benzene rings is 1. The Morgan fingerprint density at radius 1 is 1.20 bits per heavy atom. The molecule has 0 amide bonds. The summed E-state index contributed by atoms with van der Waals surface area (Å²) >= 11 is 17.2. The Hall–Kier alpha value is -0.260. The minimum Gasteiger partial charge on any atom is -0.491 e. The van der Waals surface area contributed by atoms with Gasteiger partial charge in [0.25, 0.3) is 0 Å². The molecule has 1 aromatic heterocycles. The molecule has 0 aliphatic rings. The van der Waals surface area contributed by atoms with Crippen LogP contribution in [-0.4, -0.2) is 19.7 Å². The molecule has 0 fully saturated rings. The summed E-state index contributed by atoms with van der Waals surface area (Å²) in [6.45, 7) is 2.27. The van der Waals surface area contributed by atoms with Gasteiger partial charge in [0.1, 0.15) is 12.4 Å². The molecule has 1 heterocycles. The summed E-state index contributed by atoms with van der Waals surface area (Å²) in [6, 6.07) is 7.68. The zero-order valence-electron chi connectivity index (χ0n) is 10.7. The summed E-state index contributed by atoms with van der Waals surface area (Å²) in [5.74, 6) is 0.611. The van der Waals surface area contributed by atoms with E-state index >= 15 is 0 Å². The number of hydrogen-bond acceptors (Lipinski definition) is 3. The Morgan fingerprint density at radius 2 is 2.05 bits per heavy atom. The molecule has 2 rings (SSSR count). The van der Waals surface area contributed by atoms with Gasteiger partial charge in [0, 0.05) is 28.5 Å². The van der Waals surface area contributed by atoms with E-state index in [1.54, 1.807) is 23.5 Å². The van der Waals surface area contributed by atoms with E-state index in [1.807, 2.05) is 0 Å². The summed E-state index contributed by atoms with van der Waals surface area (Å²) in [5.41, 5.74) is 0. The first-order valence-electron chi connectivity index (χ1n) is 6.17. The van der Waals surface area contributed by atoms with E-state index in [-0.39, 0.29) is 0 Å². The highest BCUT2D eigenvalue weighted by Crippen LogP contribution is 2.33. The zero-order chi connectivity index (χ0) is 14.4. The van der Waals surface area contributed by atoms with Crippen LogP contribution in [0.3, 0.4) is 0 Å². The Kier molecular flexibility index (Phi) is 6.65. The Labute approximate surface area is 141 Å². The molecular formula is C14H14BrCl2NOS. The van der Waals surface area contributed by atoms with E-state index in [1.165, 1.54) is 4.88 Å². The van der Waals surface area contributed by atoms with Gasteiger partial charge in [-0.25, -0.2) is 0 Å². The van der Waals surface area contributed by atoms with Crippen LogP contribution in [0.15, 0.2) is 34.1 Å². The molecule has 20 heavy (non-hydrogen) atoms. The van der Waals surface area contributed by atoms with Crippen molar-refractivity contribution in [1.29, 1.82) is 0 Å². The van der Waals surface area contributed by atoms with Crippen LogP contribution in [0.2, 0.25) is 10.0 Å². The van der Waals surface area contributed by atoms with Gasteiger partial charge in [-0.3, -0.25) is 0 Å². The SMILES string of the molecule is Clc1cc(OCCNCCc2cccs2)c(Cl)cc1Br. The minimum atomic E-state index is 0.555. The number of thiophene rings is 1. The number of rotatable bonds is 7. The first-order chi connectivity index (χ1) is 9.66. The second kappa shape index (κ2) is 8.25. The van der Waals surface area contributed by atoms with Crippen LogP contribution in [0.5, 0.6) is 5.75 Å². The second-order valence-electron chi connectivity index (χ2n) is 4.12. The third kappa shape index (κ3) is 4.93. The van der Waals surface area contributed by atoms with Crippen molar-refractivity contribution in [2.75, 3.05) is 19.7 Å². The summed E-state index contributed by atoms with van der Waals surface area (Å²) in [5, 5.41) is 6.58. The molecule has 0 aliphatic carbocycles. The van der Waals surface area contributed by atoms with Gasteiger partial charge in [0.15, 0.2) is 0 Å². The van der Waals surface area contributed by atoms with Gasteiger partial charge in [-0.15, -0.1) is 11.3 Å². The summed E-state index contributed by atoms with van der Waals surface area (Å²) in [7, 11) is 0. The first-order valence-corrected chi connectivity index (χ1v) is 8.60. The van der Waals surface area contributed by atoms with Crippen molar-refractivity contribution < 1.29 is 4.74 Å². The van der Waals surface area contributed by atoms with Gasteiger partial charge < -0.3 is 10.1 Å². The fourth-order valence-electron chi connectivity index (χ4n) is 1.64. The molecule has 2 aromatic rings. The van der Waals surface area contributed by atoms with Crippen molar-refractivity contribution in [3.05, 3.63) is 49.0 Å². The maximum Gasteiger partial charge on any atom is 0.139 e. The highest BCUT2D eigenvalue weighted by molar-refractivity contribution is 9.10. The van der Waals surface area contributed by atoms with Crippen LogP contribution in [0.4, 0.5) is 0 Å². The van der Waals surface area contributed by atoms with Crippen molar-refractivity contribution in [3.63, 3.8) is 0 Å². The Morgan fingerprint density at radius 3 is 2.80 bits per heavy atom. The van der Waals surface area contributed by atoms with Crippen LogP contribution in [-0.2, 0) is 6.42 Å². The molecule has 0 bridgehead atoms. The number of ether oxygens (including phenoxy) is 1. The molecule has 0 saturated carbocycles. The molecule has 0 spiro atoms. The monoisotopic (exact) mass is 393 g/mol. The predicted octanol–water partition coefficient (Wildman–Crippen LogP) is 5.03. The lowest BCUT2D eigenvalue weighted by molar-refractivity contribution is 0.314. The molecule has 108 valence electrons. The molecule has 0 atom stereocenters. The maximum absolute atomic E-state index is 6.08. The quantitative estimate of drug-likeness (QED) is 0.525. The van der Waals surface area contributed by atoms with Crippen molar-refractivity contribution in [3.8, 4) is 5.75 Å². The largest absolute Gasteiger partial charge is 0.491 e. The molecule has 1 aromatic carbocycles. The molecule has 0 aliphatic heterocycles. The number of hydrogen-bond donors (Lipinski definition) is 1. The fraction of sp³-hybridized carbons (Fsp3) is 0.286. The third-order valence-electron chi connectivity index (χ3n) is 2.64. The minimum absolute atomic E-state index is 0.555. The van der Waals surface area contributed by atoms with Gasteiger partial charge in [-0.1, -0.05) is 29.3 Å². The summed E-state index contributed by atoms with van der Waals surface area (Å²) in [6.07, 6.45) is 1.04. The van der Waals surface area contributed by atoms with Crippen molar-refractivity contribution in [2.24, 2.45) is 0 Å². The molecule has 0 unspecified atom stereocenters. The topological polar surface area (TPSA) is 21.3 Å². The van der Waals surface area contributed by atoms with Crippen LogP contribution >= 0.6 is 50.5 Å². The Bertz CT molecular complexity index is 548. The lowest BCUT2D eigenvalue weighted by Gasteiger charge is -2.10. The van der Waals surface area contributed by atoms with E-state index in [9.17, 15) is 0 Å². The average molecular weight is 395 g/mol. The zero-order valence-corrected chi connectivity index (χ0v) is 14.6. The normalized spacial score (nSPS) is 10.8. The maximum atomic E-state index is 6.08. The van der Waals surface area contributed by atoms with Gasteiger partial charge in [0.2, 0.25) is 0 Å². The van der Waals surface area contributed by atoms with Crippen LogP contribution in [0.25, 0.3) is 0 Å². The highest BCUT2D eigenvalue weighted by atomic mass is 79.9. The molecule has 6 heteroatoms. The lowest BCUT2D eigenvalue weighted by atomic mass is 10.3. The van der Waals surface area contributed by atoms with Gasteiger partial charge >= 0.3 is 0 Å². The second-order valence-corrected chi connectivity index (χ2v) is 6.83. The molecule has 0 saturated heterocycles. The molecular weight excluding hydrogens is 381 g/mol.